The number of hydrogen-bond donors (Lipinski definition) is 0. The van der Waals surface area contributed by atoms with Crippen LogP contribution < -0.4 is 0 Å². The van der Waals surface area contributed by atoms with Crippen LogP contribution in [0.15, 0.2) is 30.3 Å². The van der Waals surface area contributed by atoms with Crippen molar-refractivity contribution in [2.24, 2.45) is 5.92 Å². The second-order valence-electron chi connectivity index (χ2n) is 5.36. The third kappa shape index (κ3) is 1.81. The van der Waals surface area contributed by atoms with Gasteiger partial charge < -0.3 is 0 Å². The molecule has 3 aliphatic rings. The van der Waals surface area contributed by atoms with Crippen molar-refractivity contribution < 1.29 is 4.79 Å². The highest BCUT2D eigenvalue weighted by molar-refractivity contribution is 5.88. The van der Waals surface area contributed by atoms with Gasteiger partial charge >= 0.3 is 0 Å². The minimum Gasteiger partial charge on any atom is -0.298 e. The molecular formula is C15H19NO. The maximum atomic E-state index is 12.4. The molecule has 0 aromatic heterocycles. The van der Waals surface area contributed by atoms with Gasteiger partial charge in [-0.3, -0.25) is 9.69 Å². The largest absolute Gasteiger partial charge is 0.298 e. The zero-order valence-corrected chi connectivity index (χ0v) is 10.3. The van der Waals surface area contributed by atoms with Gasteiger partial charge in [-0.25, -0.2) is 0 Å². The standard InChI is InChI=1S/C15H19NO/c1-11(12-5-3-2-4-6-12)14-15(17)13-7-9-16(14)10-8-13/h2-6,11,13-14H,7-10H2,1H3/t11?,14-/m0/s1. The van der Waals surface area contributed by atoms with E-state index in [4.69, 9.17) is 0 Å². The van der Waals surface area contributed by atoms with Gasteiger partial charge in [0.1, 0.15) is 0 Å². The van der Waals surface area contributed by atoms with Crippen molar-refractivity contribution in [3.63, 3.8) is 0 Å². The molecule has 17 heavy (non-hydrogen) atoms. The molecule has 1 unspecified atom stereocenters. The molecule has 1 aromatic rings. The van der Waals surface area contributed by atoms with Crippen LogP contribution in [0.5, 0.6) is 0 Å². The molecule has 0 saturated carbocycles. The number of fused-ring (bicyclic) bond motifs is 3. The molecule has 3 fully saturated rings. The van der Waals surface area contributed by atoms with Crippen molar-refractivity contribution in [2.45, 2.75) is 31.7 Å². The summed E-state index contributed by atoms with van der Waals surface area (Å²) in [5.41, 5.74) is 1.29. The van der Waals surface area contributed by atoms with E-state index in [2.05, 4.69) is 36.1 Å². The average Bonchev–Trinajstić information content (AvgIpc) is 2.40. The molecule has 2 bridgehead atoms. The Labute approximate surface area is 103 Å². The van der Waals surface area contributed by atoms with E-state index in [1.165, 1.54) is 5.56 Å². The molecule has 3 saturated heterocycles. The molecule has 2 atom stereocenters. The molecule has 1 aromatic carbocycles. The summed E-state index contributed by atoms with van der Waals surface area (Å²) in [6.07, 6.45) is 2.16. The summed E-state index contributed by atoms with van der Waals surface area (Å²) in [5, 5.41) is 0. The van der Waals surface area contributed by atoms with E-state index in [0.717, 1.165) is 25.9 Å². The number of carbonyl (C=O) groups excluding carboxylic acids is 1. The number of ketones is 1. The molecule has 3 aliphatic heterocycles. The quantitative estimate of drug-likeness (QED) is 0.776. The minimum absolute atomic E-state index is 0.130. The summed E-state index contributed by atoms with van der Waals surface area (Å²) in [5.74, 6) is 1.15. The van der Waals surface area contributed by atoms with Gasteiger partial charge in [-0.2, -0.15) is 0 Å². The summed E-state index contributed by atoms with van der Waals surface area (Å²) >= 11 is 0. The Balaban J connectivity index is 1.87. The molecular weight excluding hydrogens is 210 g/mol. The smallest absolute Gasteiger partial charge is 0.153 e. The first-order valence-electron chi connectivity index (χ1n) is 6.60. The summed E-state index contributed by atoms with van der Waals surface area (Å²) in [6.45, 7) is 4.41. The van der Waals surface area contributed by atoms with Gasteiger partial charge in [0.25, 0.3) is 0 Å². The number of hydrogen-bond acceptors (Lipinski definition) is 2. The van der Waals surface area contributed by atoms with E-state index in [1.807, 2.05) is 6.07 Å². The van der Waals surface area contributed by atoms with E-state index in [-0.39, 0.29) is 6.04 Å². The van der Waals surface area contributed by atoms with Crippen molar-refractivity contribution in [2.75, 3.05) is 13.1 Å². The van der Waals surface area contributed by atoms with Crippen molar-refractivity contribution in [3.8, 4) is 0 Å². The van der Waals surface area contributed by atoms with Crippen molar-refractivity contribution >= 4 is 5.78 Å². The normalized spacial score (nSPS) is 33.7. The summed E-state index contributed by atoms with van der Waals surface area (Å²) < 4.78 is 0. The molecule has 2 heteroatoms. The first kappa shape index (κ1) is 11.0. The maximum absolute atomic E-state index is 12.4. The van der Waals surface area contributed by atoms with Gasteiger partial charge in [-0.15, -0.1) is 0 Å². The van der Waals surface area contributed by atoms with E-state index >= 15 is 0 Å². The van der Waals surface area contributed by atoms with Crippen LogP contribution in [-0.2, 0) is 4.79 Å². The number of nitrogens with zero attached hydrogens (tertiary/aromatic N) is 1. The van der Waals surface area contributed by atoms with E-state index in [1.54, 1.807) is 0 Å². The Hall–Kier alpha value is -1.15. The molecule has 3 heterocycles. The second-order valence-corrected chi connectivity index (χ2v) is 5.36. The maximum Gasteiger partial charge on any atom is 0.153 e. The van der Waals surface area contributed by atoms with Gasteiger partial charge in [0, 0.05) is 11.8 Å². The Morgan fingerprint density at radius 2 is 1.82 bits per heavy atom. The summed E-state index contributed by atoms with van der Waals surface area (Å²) in [7, 11) is 0. The fourth-order valence-electron chi connectivity index (χ4n) is 3.39. The van der Waals surface area contributed by atoms with E-state index in [9.17, 15) is 4.79 Å². The van der Waals surface area contributed by atoms with Crippen LogP contribution in [0, 0.1) is 5.92 Å². The summed E-state index contributed by atoms with van der Waals surface area (Å²) in [4.78, 5) is 14.7. The van der Waals surface area contributed by atoms with Crippen LogP contribution in [0.4, 0.5) is 0 Å². The number of benzene rings is 1. The van der Waals surface area contributed by atoms with Crippen LogP contribution >= 0.6 is 0 Å². The molecule has 0 spiro atoms. The first-order valence-corrected chi connectivity index (χ1v) is 6.60. The summed E-state index contributed by atoms with van der Waals surface area (Å²) in [6, 6.07) is 10.6. The lowest BCUT2D eigenvalue weighted by Crippen LogP contribution is -2.57. The topological polar surface area (TPSA) is 20.3 Å². The third-order valence-electron chi connectivity index (χ3n) is 4.42. The predicted octanol–water partition coefficient (Wildman–Crippen LogP) is 2.45. The Morgan fingerprint density at radius 1 is 1.18 bits per heavy atom. The zero-order valence-electron chi connectivity index (χ0n) is 10.3. The lowest BCUT2D eigenvalue weighted by molar-refractivity contribution is -0.137. The van der Waals surface area contributed by atoms with Gasteiger partial charge in [0.2, 0.25) is 0 Å². The minimum atomic E-state index is 0.130. The number of rotatable bonds is 2. The Kier molecular flexibility index (Phi) is 2.75. The number of piperidine rings is 3. The zero-order chi connectivity index (χ0) is 11.8. The molecule has 4 rings (SSSR count). The number of Topliss-reactive ketones (excluding diaryl/α,β-unsaturated/α-hetero) is 1. The fourth-order valence-corrected chi connectivity index (χ4v) is 3.39. The highest BCUT2D eigenvalue weighted by Gasteiger charge is 2.43. The van der Waals surface area contributed by atoms with E-state index in [0.29, 0.717) is 17.6 Å². The fraction of sp³-hybridized carbons (Fsp3) is 0.533. The van der Waals surface area contributed by atoms with E-state index < -0.39 is 0 Å². The molecule has 2 nitrogen and oxygen atoms in total. The number of carbonyl (C=O) groups is 1. The van der Waals surface area contributed by atoms with Crippen molar-refractivity contribution in [1.82, 2.24) is 4.90 Å². The van der Waals surface area contributed by atoms with Gasteiger partial charge in [-0.1, -0.05) is 37.3 Å². The van der Waals surface area contributed by atoms with Crippen LogP contribution in [-0.4, -0.2) is 29.8 Å². The predicted molar refractivity (Wildman–Crippen MR) is 67.9 cm³/mol. The Bertz CT molecular complexity index is 406. The molecule has 90 valence electrons. The van der Waals surface area contributed by atoms with Crippen LogP contribution in [0.25, 0.3) is 0 Å². The monoisotopic (exact) mass is 229 g/mol. The first-order chi connectivity index (χ1) is 8.27. The van der Waals surface area contributed by atoms with Crippen LogP contribution in [0.3, 0.4) is 0 Å². The second kappa shape index (κ2) is 4.26. The SMILES string of the molecule is CC(c1ccccc1)[C@H]1C(=O)C2CCN1CC2. The molecule has 0 radical (unpaired) electrons. The van der Waals surface area contributed by atoms with Crippen LogP contribution in [0.2, 0.25) is 0 Å². The lowest BCUT2D eigenvalue weighted by Gasteiger charge is -2.46. The van der Waals surface area contributed by atoms with Crippen molar-refractivity contribution in [3.05, 3.63) is 35.9 Å². The van der Waals surface area contributed by atoms with Gasteiger partial charge in [-0.05, 0) is 31.5 Å². The third-order valence-corrected chi connectivity index (χ3v) is 4.42. The average molecular weight is 229 g/mol. The lowest BCUT2D eigenvalue weighted by atomic mass is 9.76. The highest BCUT2D eigenvalue weighted by Crippen LogP contribution is 2.35. The molecule has 0 N–H and O–H groups in total. The van der Waals surface area contributed by atoms with Crippen molar-refractivity contribution in [1.29, 1.82) is 0 Å². The van der Waals surface area contributed by atoms with Gasteiger partial charge in [0.15, 0.2) is 5.78 Å². The molecule has 0 amide bonds. The molecule has 0 aliphatic carbocycles. The van der Waals surface area contributed by atoms with Gasteiger partial charge in [0.05, 0.1) is 6.04 Å². The Morgan fingerprint density at radius 3 is 2.41 bits per heavy atom. The van der Waals surface area contributed by atoms with Crippen LogP contribution in [0.1, 0.15) is 31.2 Å². The highest BCUT2D eigenvalue weighted by atomic mass is 16.1.